The zero-order valence-corrected chi connectivity index (χ0v) is 18.2. The third-order valence-electron chi connectivity index (χ3n) is 6.92. The summed E-state index contributed by atoms with van der Waals surface area (Å²) in [6.45, 7) is 3.54. The van der Waals surface area contributed by atoms with Crippen molar-refractivity contribution in [1.29, 1.82) is 0 Å². The molecule has 1 spiro atoms. The van der Waals surface area contributed by atoms with Crippen molar-refractivity contribution in [2.24, 2.45) is 4.99 Å². The quantitative estimate of drug-likeness (QED) is 0.786. The van der Waals surface area contributed by atoms with Gasteiger partial charge in [0.25, 0.3) is 0 Å². The molecule has 3 aliphatic rings. The number of aryl methyl sites for hydroxylation is 1. The van der Waals surface area contributed by atoms with Gasteiger partial charge in [-0.05, 0) is 50.3 Å². The Morgan fingerprint density at radius 3 is 2.77 bits per heavy atom. The van der Waals surface area contributed by atoms with Gasteiger partial charge in [0, 0.05) is 19.3 Å². The van der Waals surface area contributed by atoms with Crippen LogP contribution in [0.25, 0.3) is 0 Å². The fourth-order valence-electron chi connectivity index (χ4n) is 5.13. The molecule has 0 bridgehead atoms. The van der Waals surface area contributed by atoms with Gasteiger partial charge in [-0.3, -0.25) is 9.79 Å². The molecule has 6 nitrogen and oxygen atoms in total. The molecule has 2 aromatic rings. The summed E-state index contributed by atoms with van der Waals surface area (Å²) in [5, 5.41) is 7.31. The zero-order chi connectivity index (χ0) is 21.3. The van der Waals surface area contributed by atoms with E-state index in [1.165, 1.54) is 18.4 Å². The molecule has 6 heteroatoms. The van der Waals surface area contributed by atoms with Gasteiger partial charge in [0.15, 0.2) is 5.82 Å². The Balaban J connectivity index is 1.33. The highest BCUT2D eigenvalue weighted by Gasteiger charge is 2.44. The minimum atomic E-state index is -0.251. The molecule has 2 fully saturated rings. The second-order valence-corrected chi connectivity index (χ2v) is 9.19. The smallest absolute Gasteiger partial charge is 0.226 e. The van der Waals surface area contributed by atoms with Crippen molar-refractivity contribution in [1.82, 2.24) is 9.88 Å². The van der Waals surface area contributed by atoms with Gasteiger partial charge >= 0.3 is 0 Å². The Morgan fingerprint density at radius 1 is 1.19 bits per heavy atom. The Labute approximate surface area is 184 Å². The van der Waals surface area contributed by atoms with Gasteiger partial charge < -0.3 is 15.5 Å². The summed E-state index contributed by atoms with van der Waals surface area (Å²) >= 11 is 0. The van der Waals surface area contributed by atoms with Gasteiger partial charge in [-0.15, -0.1) is 0 Å². The molecule has 1 saturated heterocycles. The molecular formula is C25H31N5O. The minimum Gasteiger partial charge on any atom is -0.370 e. The van der Waals surface area contributed by atoms with Gasteiger partial charge in [0.05, 0.1) is 23.7 Å². The molecule has 2 N–H and O–H groups in total. The van der Waals surface area contributed by atoms with Crippen molar-refractivity contribution in [3.05, 3.63) is 53.7 Å². The number of likely N-dealkylation sites (tertiary alicyclic amines) is 1. The second kappa shape index (κ2) is 8.33. The number of aliphatic imine (C=N–C) groups is 1. The van der Waals surface area contributed by atoms with E-state index < -0.39 is 0 Å². The van der Waals surface area contributed by atoms with Crippen molar-refractivity contribution < 1.29 is 4.79 Å². The van der Waals surface area contributed by atoms with E-state index in [2.05, 4.69) is 40.7 Å². The van der Waals surface area contributed by atoms with Gasteiger partial charge in [-0.25, -0.2) is 4.98 Å². The summed E-state index contributed by atoms with van der Waals surface area (Å²) < 4.78 is 0. The van der Waals surface area contributed by atoms with E-state index in [0.29, 0.717) is 12.5 Å². The van der Waals surface area contributed by atoms with E-state index in [9.17, 15) is 4.79 Å². The lowest BCUT2D eigenvalue weighted by Gasteiger charge is -2.46. The van der Waals surface area contributed by atoms with Crippen molar-refractivity contribution in [3.63, 3.8) is 0 Å². The van der Waals surface area contributed by atoms with Crippen LogP contribution in [0.15, 0.2) is 47.6 Å². The molecule has 1 aromatic heterocycles. The maximum absolute atomic E-state index is 13.0. The maximum Gasteiger partial charge on any atom is 0.226 e. The number of nitrogens with one attached hydrogen (secondary N) is 2. The summed E-state index contributed by atoms with van der Waals surface area (Å²) in [6, 6.07) is 12.7. The predicted octanol–water partition coefficient (Wildman–Crippen LogP) is 4.17. The fraction of sp³-hybridized carbons (Fsp3) is 0.480. The molecule has 162 valence electrons. The summed E-state index contributed by atoms with van der Waals surface area (Å²) in [6.07, 6.45) is 8.82. The molecular weight excluding hydrogens is 386 g/mol. The number of hydrogen-bond acceptors (Lipinski definition) is 4. The summed E-state index contributed by atoms with van der Waals surface area (Å²) in [7, 11) is 0. The molecule has 2 aliphatic heterocycles. The van der Waals surface area contributed by atoms with E-state index in [-0.39, 0.29) is 11.4 Å². The number of carbonyl (C=O) groups is 1. The van der Waals surface area contributed by atoms with Gasteiger partial charge in [0.1, 0.15) is 5.84 Å². The van der Waals surface area contributed by atoms with E-state index in [0.717, 1.165) is 61.7 Å². The van der Waals surface area contributed by atoms with E-state index in [1.807, 2.05) is 29.3 Å². The first-order valence-corrected chi connectivity index (χ1v) is 11.5. The van der Waals surface area contributed by atoms with Gasteiger partial charge in [-0.2, -0.15) is 0 Å². The fourth-order valence-corrected chi connectivity index (χ4v) is 5.13. The maximum atomic E-state index is 13.0. The molecule has 0 unspecified atom stereocenters. The number of rotatable bonds is 3. The largest absolute Gasteiger partial charge is 0.370 e. The van der Waals surface area contributed by atoms with E-state index >= 15 is 0 Å². The van der Waals surface area contributed by atoms with Gasteiger partial charge in [0.2, 0.25) is 5.91 Å². The number of hydrogen-bond donors (Lipinski definition) is 2. The van der Waals surface area contributed by atoms with Crippen LogP contribution in [-0.2, 0) is 11.2 Å². The van der Waals surface area contributed by atoms with Crippen LogP contribution in [0, 0.1) is 6.92 Å². The molecule has 0 radical (unpaired) electrons. The van der Waals surface area contributed by atoms with Crippen LogP contribution in [0.3, 0.4) is 0 Å². The molecule has 1 aromatic carbocycles. The lowest BCUT2D eigenvalue weighted by Crippen LogP contribution is -2.59. The minimum absolute atomic E-state index is 0.209. The standard InChI is InChI=1S/C25H31N5O/c1-18-6-4-7-19(16-18)17-22(31)30-14-11-25(12-15-30)24(27-20-8-2-3-9-20)28-23-21(29-25)10-5-13-26-23/h4-7,10,13,16,20,29H,2-3,8-9,11-12,14-15,17H2,1H3,(H,26,27,28). The number of anilines is 2. The number of nitrogens with zero attached hydrogens (tertiary/aromatic N) is 3. The van der Waals surface area contributed by atoms with Crippen molar-refractivity contribution in [2.75, 3.05) is 23.7 Å². The van der Waals surface area contributed by atoms with Crippen LogP contribution in [-0.4, -0.2) is 46.3 Å². The Kier molecular flexibility index (Phi) is 5.38. The van der Waals surface area contributed by atoms with E-state index in [1.54, 1.807) is 0 Å². The zero-order valence-electron chi connectivity index (χ0n) is 18.2. The Hall–Kier alpha value is -2.89. The lowest BCUT2D eigenvalue weighted by atomic mass is 9.83. The second-order valence-electron chi connectivity index (χ2n) is 9.19. The van der Waals surface area contributed by atoms with Gasteiger partial charge in [-0.1, -0.05) is 42.7 Å². The first-order chi connectivity index (χ1) is 15.1. The predicted molar refractivity (Wildman–Crippen MR) is 125 cm³/mol. The van der Waals surface area contributed by atoms with Crippen molar-refractivity contribution in [2.45, 2.75) is 63.5 Å². The van der Waals surface area contributed by atoms with E-state index in [4.69, 9.17) is 4.99 Å². The molecule has 0 atom stereocenters. The van der Waals surface area contributed by atoms with Crippen LogP contribution in [0.2, 0.25) is 0 Å². The number of carbonyl (C=O) groups excluding carboxylic acids is 1. The number of benzene rings is 1. The summed E-state index contributed by atoms with van der Waals surface area (Å²) in [5.74, 6) is 2.07. The first kappa shape index (κ1) is 20.0. The van der Waals surface area contributed by atoms with Crippen LogP contribution < -0.4 is 10.6 Å². The third kappa shape index (κ3) is 4.16. The Morgan fingerprint density at radius 2 is 2.00 bits per heavy atom. The number of fused-ring (bicyclic) bond motifs is 1. The Bertz CT molecular complexity index is 987. The number of pyridine rings is 1. The molecule has 3 heterocycles. The first-order valence-electron chi connectivity index (χ1n) is 11.5. The molecule has 1 aliphatic carbocycles. The van der Waals surface area contributed by atoms with Crippen LogP contribution in [0.4, 0.5) is 11.5 Å². The topological polar surface area (TPSA) is 69.6 Å². The number of amidine groups is 1. The third-order valence-corrected chi connectivity index (χ3v) is 6.92. The molecule has 31 heavy (non-hydrogen) atoms. The molecule has 1 amide bonds. The number of amides is 1. The van der Waals surface area contributed by atoms with Crippen LogP contribution in [0.5, 0.6) is 0 Å². The normalized spacial score (nSPS) is 21.6. The average Bonchev–Trinajstić information content (AvgIpc) is 3.28. The van der Waals surface area contributed by atoms with Crippen LogP contribution in [0.1, 0.15) is 49.7 Å². The highest BCUT2D eigenvalue weighted by atomic mass is 16.2. The SMILES string of the molecule is Cc1cccc(CC(=O)N2CCC3(CC2)Nc2cccnc2NC3=NC2CCCC2)c1. The summed E-state index contributed by atoms with van der Waals surface area (Å²) in [5.41, 5.74) is 3.05. The van der Waals surface area contributed by atoms with Crippen LogP contribution >= 0.6 is 0 Å². The number of aromatic nitrogens is 1. The monoisotopic (exact) mass is 417 g/mol. The highest BCUT2D eigenvalue weighted by Crippen LogP contribution is 2.37. The molecule has 1 saturated carbocycles. The average molecular weight is 418 g/mol. The van der Waals surface area contributed by atoms with Crippen molar-refractivity contribution >= 4 is 23.2 Å². The highest BCUT2D eigenvalue weighted by molar-refractivity contribution is 6.08. The molecule has 5 rings (SSSR count). The lowest BCUT2D eigenvalue weighted by molar-refractivity contribution is -0.131. The number of piperidine rings is 1. The van der Waals surface area contributed by atoms with Crippen molar-refractivity contribution in [3.8, 4) is 0 Å². The summed E-state index contributed by atoms with van der Waals surface area (Å²) in [4.78, 5) is 24.6.